The van der Waals surface area contributed by atoms with Crippen molar-refractivity contribution in [3.63, 3.8) is 0 Å². The largest absolute Gasteiger partial charge is 0.481 e. The van der Waals surface area contributed by atoms with Gasteiger partial charge in [-0.05, 0) is 30.4 Å². The maximum absolute atomic E-state index is 11.2. The van der Waals surface area contributed by atoms with Crippen molar-refractivity contribution >= 4 is 28.1 Å². The van der Waals surface area contributed by atoms with Crippen LogP contribution < -0.4 is 5.32 Å². The third-order valence-electron chi connectivity index (χ3n) is 3.84. The van der Waals surface area contributed by atoms with Crippen molar-refractivity contribution in [3.05, 3.63) is 40.4 Å². The molecule has 1 aliphatic rings. The highest BCUT2D eigenvalue weighted by Gasteiger charge is 2.32. The van der Waals surface area contributed by atoms with E-state index in [1.165, 1.54) is 5.56 Å². The summed E-state index contributed by atoms with van der Waals surface area (Å²) in [5.41, 5.74) is 3.03. The number of anilines is 2. The topological polar surface area (TPSA) is 62.2 Å². The molecule has 0 saturated carbocycles. The fourth-order valence-electron chi connectivity index (χ4n) is 2.75. The van der Waals surface area contributed by atoms with Gasteiger partial charge in [-0.15, -0.1) is 11.3 Å². The number of carboxylic acid groups (broad SMARTS) is 1. The minimum absolute atomic E-state index is 0.423. The third-order valence-corrected chi connectivity index (χ3v) is 4.89. The van der Waals surface area contributed by atoms with Crippen molar-refractivity contribution in [2.24, 2.45) is 0 Å². The molecule has 0 aliphatic heterocycles. The number of carboxylic acids is 1. The average molecular weight is 302 g/mol. The van der Waals surface area contributed by atoms with Crippen LogP contribution in [-0.2, 0) is 11.2 Å². The summed E-state index contributed by atoms with van der Waals surface area (Å²) in [5, 5.41) is 13.4. The molecule has 0 spiro atoms. The van der Waals surface area contributed by atoms with Gasteiger partial charge in [0, 0.05) is 10.6 Å². The van der Waals surface area contributed by atoms with Crippen molar-refractivity contribution in [1.29, 1.82) is 0 Å². The minimum atomic E-state index is -0.770. The van der Waals surface area contributed by atoms with Gasteiger partial charge in [-0.2, -0.15) is 0 Å². The van der Waals surface area contributed by atoms with Gasteiger partial charge in [-0.25, -0.2) is 4.98 Å². The van der Waals surface area contributed by atoms with E-state index in [1.54, 1.807) is 11.3 Å². The summed E-state index contributed by atoms with van der Waals surface area (Å²) >= 11 is 1.57. The molecule has 21 heavy (non-hydrogen) atoms. The summed E-state index contributed by atoms with van der Waals surface area (Å²) in [7, 11) is 0. The van der Waals surface area contributed by atoms with Crippen molar-refractivity contribution in [3.8, 4) is 0 Å². The zero-order valence-electron chi connectivity index (χ0n) is 12.1. The van der Waals surface area contributed by atoms with Crippen LogP contribution in [0.2, 0.25) is 0 Å². The number of aryl methyl sites for hydroxylation is 1. The van der Waals surface area contributed by atoms with Crippen LogP contribution in [0.15, 0.2) is 24.3 Å². The minimum Gasteiger partial charge on any atom is -0.481 e. The zero-order valence-corrected chi connectivity index (χ0v) is 12.9. The van der Waals surface area contributed by atoms with Gasteiger partial charge in [0.2, 0.25) is 0 Å². The van der Waals surface area contributed by atoms with E-state index in [2.05, 4.69) is 30.2 Å². The van der Waals surface area contributed by atoms with Gasteiger partial charge in [0.1, 0.15) is 5.92 Å². The number of hydrogen-bond donors (Lipinski definition) is 2. The highest BCUT2D eigenvalue weighted by atomic mass is 32.1. The van der Waals surface area contributed by atoms with Crippen LogP contribution in [0.5, 0.6) is 0 Å². The molecule has 1 aromatic heterocycles. The molecule has 1 aromatic carbocycles. The highest BCUT2D eigenvalue weighted by molar-refractivity contribution is 7.15. The second-order valence-corrected chi connectivity index (χ2v) is 6.71. The normalized spacial score (nSPS) is 17.0. The first-order valence-corrected chi connectivity index (χ1v) is 7.96. The molecule has 2 N–H and O–H groups in total. The smallest absolute Gasteiger partial charge is 0.312 e. The van der Waals surface area contributed by atoms with Crippen LogP contribution in [0.25, 0.3) is 0 Å². The first-order valence-electron chi connectivity index (χ1n) is 7.14. The van der Waals surface area contributed by atoms with Crippen molar-refractivity contribution in [2.75, 3.05) is 5.32 Å². The number of aliphatic carboxylic acids is 1. The highest BCUT2D eigenvalue weighted by Crippen LogP contribution is 2.39. The lowest BCUT2D eigenvalue weighted by Crippen LogP contribution is -2.08. The number of para-hydroxylation sites is 1. The van der Waals surface area contributed by atoms with E-state index in [9.17, 15) is 9.90 Å². The lowest BCUT2D eigenvalue weighted by Gasteiger charge is -2.12. The molecule has 1 atom stereocenters. The molecular formula is C16H18N2O2S. The third kappa shape index (κ3) is 2.65. The first kappa shape index (κ1) is 14.1. The Hall–Kier alpha value is -1.88. The van der Waals surface area contributed by atoms with Crippen molar-refractivity contribution in [1.82, 2.24) is 4.98 Å². The van der Waals surface area contributed by atoms with Gasteiger partial charge in [-0.3, -0.25) is 4.79 Å². The molecule has 3 rings (SSSR count). The molecule has 0 radical (unpaired) electrons. The number of aromatic nitrogens is 1. The number of benzene rings is 1. The van der Waals surface area contributed by atoms with E-state index >= 15 is 0 Å². The Morgan fingerprint density at radius 1 is 1.43 bits per heavy atom. The monoisotopic (exact) mass is 302 g/mol. The fourth-order valence-corrected chi connectivity index (χ4v) is 3.80. The molecule has 4 nitrogen and oxygen atoms in total. The summed E-state index contributed by atoms with van der Waals surface area (Å²) in [4.78, 5) is 16.8. The Balaban J connectivity index is 1.88. The predicted molar refractivity (Wildman–Crippen MR) is 84.6 cm³/mol. The van der Waals surface area contributed by atoms with E-state index in [0.29, 0.717) is 12.3 Å². The van der Waals surface area contributed by atoms with Crippen LogP contribution in [0.3, 0.4) is 0 Å². The fraction of sp³-hybridized carbons (Fsp3) is 0.375. The summed E-state index contributed by atoms with van der Waals surface area (Å²) in [6, 6.07) is 8.17. The number of carbonyl (C=O) groups is 1. The molecule has 2 aromatic rings. The van der Waals surface area contributed by atoms with Gasteiger partial charge in [0.25, 0.3) is 0 Å². The van der Waals surface area contributed by atoms with E-state index in [0.717, 1.165) is 27.8 Å². The number of thiazole rings is 1. The molecule has 1 aliphatic carbocycles. The van der Waals surface area contributed by atoms with Gasteiger partial charge >= 0.3 is 5.97 Å². The number of hydrogen-bond acceptors (Lipinski definition) is 4. The van der Waals surface area contributed by atoms with Crippen LogP contribution in [-0.4, -0.2) is 16.1 Å². The van der Waals surface area contributed by atoms with E-state index in [-0.39, 0.29) is 0 Å². The number of nitrogens with one attached hydrogen (secondary N) is 1. The Labute approximate surface area is 127 Å². The second kappa shape index (κ2) is 5.48. The predicted octanol–water partition coefficient (Wildman–Crippen LogP) is 4.12. The maximum Gasteiger partial charge on any atom is 0.312 e. The Morgan fingerprint density at radius 3 is 2.90 bits per heavy atom. The van der Waals surface area contributed by atoms with Gasteiger partial charge in [-0.1, -0.05) is 32.0 Å². The number of fused-ring (bicyclic) bond motifs is 1. The summed E-state index contributed by atoms with van der Waals surface area (Å²) in [6.07, 6.45) is 1.49. The SMILES string of the molecule is CC(C)c1ccccc1Nc1nc2c(s1)CCC2C(=O)O. The molecule has 0 amide bonds. The number of nitrogens with zero attached hydrogens (tertiary/aromatic N) is 1. The second-order valence-electron chi connectivity index (χ2n) is 5.62. The van der Waals surface area contributed by atoms with Crippen molar-refractivity contribution < 1.29 is 9.90 Å². The molecule has 0 saturated heterocycles. The zero-order chi connectivity index (χ0) is 15.0. The van der Waals surface area contributed by atoms with Crippen LogP contribution in [0.4, 0.5) is 10.8 Å². The molecule has 0 bridgehead atoms. The van der Waals surface area contributed by atoms with Gasteiger partial charge < -0.3 is 10.4 Å². The molecule has 1 unspecified atom stereocenters. The summed E-state index contributed by atoms with van der Waals surface area (Å²) in [5.74, 6) is -0.785. The lowest BCUT2D eigenvalue weighted by atomic mass is 10.0. The quantitative estimate of drug-likeness (QED) is 0.891. The molecule has 5 heteroatoms. The van der Waals surface area contributed by atoms with E-state index < -0.39 is 11.9 Å². The Kier molecular flexibility index (Phi) is 3.68. The van der Waals surface area contributed by atoms with Crippen LogP contribution >= 0.6 is 11.3 Å². The summed E-state index contributed by atoms with van der Waals surface area (Å²) in [6.45, 7) is 4.31. The number of rotatable bonds is 4. The standard InChI is InChI=1S/C16H18N2O2S/c1-9(2)10-5-3-4-6-12(10)17-16-18-14-11(15(19)20)7-8-13(14)21-16/h3-6,9,11H,7-8H2,1-2H3,(H,17,18)(H,19,20). The van der Waals surface area contributed by atoms with E-state index in [4.69, 9.17) is 0 Å². The van der Waals surface area contributed by atoms with Crippen LogP contribution in [0, 0.1) is 0 Å². The Morgan fingerprint density at radius 2 is 2.19 bits per heavy atom. The summed E-state index contributed by atoms with van der Waals surface area (Å²) < 4.78 is 0. The van der Waals surface area contributed by atoms with Gasteiger partial charge in [0.15, 0.2) is 5.13 Å². The maximum atomic E-state index is 11.2. The molecule has 110 valence electrons. The van der Waals surface area contributed by atoms with Gasteiger partial charge in [0.05, 0.1) is 5.69 Å². The Bertz CT molecular complexity index is 679. The molecule has 0 fully saturated rings. The van der Waals surface area contributed by atoms with E-state index in [1.807, 2.05) is 18.2 Å². The lowest BCUT2D eigenvalue weighted by molar-refractivity contribution is -0.138. The molecule has 1 heterocycles. The average Bonchev–Trinajstić information content (AvgIpc) is 2.98. The van der Waals surface area contributed by atoms with Crippen molar-refractivity contribution in [2.45, 2.75) is 38.5 Å². The molecular weight excluding hydrogens is 284 g/mol. The van der Waals surface area contributed by atoms with Crippen LogP contribution in [0.1, 0.15) is 48.2 Å². The first-order chi connectivity index (χ1) is 10.1.